The number of rotatable bonds is 36. The number of hydrogen-bond acceptors (Lipinski definition) is 12. The van der Waals surface area contributed by atoms with Gasteiger partial charge in [-0.15, -0.1) is 136 Å². The number of benzene rings is 4. The summed E-state index contributed by atoms with van der Waals surface area (Å²) in [5, 5.41) is 5.46. The van der Waals surface area contributed by atoms with Gasteiger partial charge in [0, 0.05) is 139 Å². The quantitative estimate of drug-likeness (QED) is 0.0343. The van der Waals surface area contributed by atoms with Crippen molar-refractivity contribution in [1.82, 2.24) is 0 Å². The Morgan fingerprint density at radius 1 is 0.164 bits per heavy atom. The largest absolute Gasteiger partial charge is 0.135 e. The van der Waals surface area contributed by atoms with Gasteiger partial charge in [0.15, 0.2) is 0 Å². The summed E-state index contributed by atoms with van der Waals surface area (Å²) in [5.74, 6) is 0. The highest BCUT2D eigenvalue weighted by molar-refractivity contribution is 7.33. The van der Waals surface area contributed by atoms with Crippen molar-refractivity contribution >= 4 is 176 Å². The Bertz CT molecular complexity index is 5160. The van der Waals surface area contributed by atoms with Gasteiger partial charge in [-0.05, 0) is 192 Å². The van der Waals surface area contributed by atoms with Crippen LogP contribution in [-0.2, 0) is 25.7 Å². The zero-order chi connectivity index (χ0) is 78.5. The molecule has 0 nitrogen and oxygen atoms in total. The van der Waals surface area contributed by atoms with Crippen LogP contribution in [-0.4, -0.2) is 0 Å². The van der Waals surface area contributed by atoms with Gasteiger partial charge in [-0.1, -0.05) is 280 Å². The van der Waals surface area contributed by atoms with Crippen LogP contribution in [0.25, 0.3) is 160 Å². The fourth-order valence-corrected chi connectivity index (χ4v) is 32.4. The van der Waals surface area contributed by atoms with Gasteiger partial charge < -0.3 is 0 Å². The summed E-state index contributed by atoms with van der Waals surface area (Å²) in [5.41, 5.74) is 12.3. The molecule has 12 aromatic heterocycles. The van der Waals surface area contributed by atoms with Gasteiger partial charge in [-0.25, -0.2) is 0 Å². The van der Waals surface area contributed by atoms with Crippen LogP contribution in [0.2, 0.25) is 0 Å². The number of unbranched alkanes of at least 4 members (excludes halogenated alkanes) is 28. The smallest absolute Gasteiger partial charge is 0.0455 e. The van der Waals surface area contributed by atoms with E-state index in [1.165, 1.54) is 366 Å². The minimum absolute atomic E-state index is 1.14. The average molecular weight is 1750 g/mol. The van der Waals surface area contributed by atoms with E-state index in [1.807, 2.05) is 113 Å². The molecule has 0 atom stereocenters. The normalized spacial score (nSPS) is 12.2. The fourth-order valence-electron chi connectivity index (χ4n) is 17.7. The second-order valence-corrected chi connectivity index (χ2v) is 45.4. The molecule has 4 aromatic carbocycles. The molecule has 13 heterocycles. The van der Waals surface area contributed by atoms with Crippen molar-refractivity contribution in [3.05, 3.63) is 192 Å². The summed E-state index contributed by atoms with van der Waals surface area (Å²) in [4.78, 5) is 27.9. The maximum Gasteiger partial charge on any atom is 0.0455 e. The molecule has 0 N–H and O–H groups in total. The maximum absolute atomic E-state index is 2.52. The predicted octanol–water partition coefficient (Wildman–Crippen LogP) is 40.1. The lowest BCUT2D eigenvalue weighted by atomic mass is 9.92. The van der Waals surface area contributed by atoms with Crippen LogP contribution < -0.4 is 0 Å². The Balaban J connectivity index is 0.761. The Labute approximate surface area is 739 Å². The molecule has 600 valence electrons. The van der Waals surface area contributed by atoms with Gasteiger partial charge in [-0.3, -0.25) is 0 Å². The second kappa shape index (κ2) is 40.3. The topological polar surface area (TPSA) is 0 Å². The van der Waals surface area contributed by atoms with Crippen molar-refractivity contribution in [2.24, 2.45) is 0 Å². The molecule has 0 spiro atoms. The first-order chi connectivity index (χ1) is 57.4. The van der Waals surface area contributed by atoms with Crippen molar-refractivity contribution in [2.45, 2.75) is 259 Å². The van der Waals surface area contributed by atoms with E-state index in [0.29, 0.717) is 0 Å². The van der Waals surface area contributed by atoms with Crippen LogP contribution in [0.15, 0.2) is 170 Å². The van der Waals surface area contributed by atoms with Crippen molar-refractivity contribution in [1.29, 1.82) is 0 Å². The highest BCUT2D eigenvalue weighted by Crippen LogP contribution is 2.56. The van der Waals surface area contributed by atoms with Crippen molar-refractivity contribution < 1.29 is 0 Å². The summed E-state index contributed by atoms with van der Waals surface area (Å²) < 4.78 is 5.74. The van der Waals surface area contributed by atoms with Crippen LogP contribution in [0.4, 0.5) is 0 Å². The molecular weight excluding hydrogens is 1630 g/mol. The molecule has 116 heavy (non-hydrogen) atoms. The monoisotopic (exact) mass is 1740 g/mol. The van der Waals surface area contributed by atoms with Crippen LogP contribution in [0.3, 0.4) is 0 Å². The van der Waals surface area contributed by atoms with Crippen molar-refractivity contribution in [3.63, 3.8) is 0 Å². The van der Waals surface area contributed by atoms with Gasteiger partial charge in [0.2, 0.25) is 0 Å². The molecule has 0 saturated carbocycles. The van der Waals surface area contributed by atoms with Crippen LogP contribution in [0.5, 0.6) is 0 Å². The van der Waals surface area contributed by atoms with E-state index in [-0.39, 0.29) is 0 Å². The molecule has 0 amide bonds. The molecule has 12 heteroatoms. The number of thiophene rings is 12. The van der Waals surface area contributed by atoms with E-state index in [9.17, 15) is 0 Å². The zero-order valence-electron chi connectivity index (χ0n) is 68.5. The molecule has 0 aliphatic carbocycles. The first-order valence-electron chi connectivity index (χ1n) is 44.4. The Kier molecular flexibility index (Phi) is 28.7. The SMILES string of the molecule is CCCCCCCCCCc1c2sc(c1CCCCCCCCCC)-c1cccc3cc(sc13)-c1ccc(s1)-c1ccc(s1)-c1ccc(s1)-c1cc3cccc(c3s1)-c1sc(c(CCCCCCCCCC)c1CCCCCCCCCC)-c1cccc3cc(sc13)-c1ccc(s1)-c1ccc(s1)-c1ccc(s1)-c1cc3cccc-2c3s1. The molecule has 1 aliphatic rings. The van der Waals surface area contributed by atoms with Crippen LogP contribution in [0.1, 0.15) is 255 Å². The van der Waals surface area contributed by atoms with Gasteiger partial charge >= 0.3 is 0 Å². The summed E-state index contributed by atoms with van der Waals surface area (Å²) in [6.07, 6.45) is 47.2. The minimum atomic E-state index is 1.14. The minimum Gasteiger partial charge on any atom is -0.135 e. The fraction of sp³-hybridized carbons (Fsp3) is 0.385. The molecule has 1 aliphatic heterocycles. The molecule has 0 saturated heterocycles. The van der Waals surface area contributed by atoms with Gasteiger partial charge in [0.05, 0.1) is 0 Å². The summed E-state index contributed by atoms with van der Waals surface area (Å²) in [6, 6.07) is 67.9. The predicted molar refractivity (Wildman–Crippen MR) is 535 cm³/mol. The Morgan fingerprint density at radius 2 is 0.336 bits per heavy atom. The van der Waals surface area contributed by atoms with E-state index in [1.54, 1.807) is 22.3 Å². The standard InChI is InChI=1S/C104H112S12/c1-5-9-13-17-21-25-29-33-45-73-74(46-34-30-26-22-18-14-10-6-2)102-78-50-38-42-70-66-94(112-98(70)78)90-62-58-86(108-90)82-55-56-84(106-82)88-60-64-92(110-88)96-68-72-44-40-52-80(100(72)114-96)104-76(48-36-32-28-24-20-16-12-8-4)75(47-35-31-27-23-19-15-11-7-3)103(116-104)79-51-39-43-71-67-95(113-99(71)79)91-63-59-87(109-91)83-54-53-81(105-83)85-57-61-89(107-85)93-65-69-41-37-49-77(97(69)111-93)101(73)115-102/h37-44,49-68H,5-36,45-48H2,1-4H3. The second-order valence-electron chi connectivity index (χ2n) is 32.7. The van der Waals surface area contributed by atoms with E-state index >= 15 is 0 Å². The number of fused-ring (bicyclic) bond motifs is 32. The summed E-state index contributed by atoms with van der Waals surface area (Å²) >= 11 is 24.2. The molecule has 0 radical (unpaired) electrons. The zero-order valence-corrected chi connectivity index (χ0v) is 78.3. The molecule has 0 fully saturated rings. The Morgan fingerprint density at radius 3 is 0.526 bits per heavy atom. The lowest BCUT2D eigenvalue weighted by Crippen LogP contribution is -1.96. The average Bonchev–Trinajstić information content (AvgIpc) is 1.59. The van der Waals surface area contributed by atoms with Crippen molar-refractivity contribution in [3.8, 4) is 120 Å². The molecular formula is C104H112S12. The number of hydrogen-bond donors (Lipinski definition) is 0. The van der Waals surface area contributed by atoms with Gasteiger partial charge in [0.1, 0.15) is 0 Å². The van der Waals surface area contributed by atoms with E-state index in [2.05, 4.69) is 220 Å². The van der Waals surface area contributed by atoms with Gasteiger partial charge in [0.25, 0.3) is 0 Å². The third-order valence-electron chi connectivity index (χ3n) is 24.1. The Hall–Kier alpha value is -5.68. The lowest BCUT2D eigenvalue weighted by molar-refractivity contribution is 0.571. The highest BCUT2D eigenvalue weighted by Gasteiger charge is 2.28. The van der Waals surface area contributed by atoms with E-state index in [0.717, 1.165) is 25.7 Å². The summed E-state index contributed by atoms with van der Waals surface area (Å²) in [7, 11) is 0. The van der Waals surface area contributed by atoms with Crippen LogP contribution in [0, 0.1) is 0 Å². The molecule has 16 aromatic rings. The molecule has 24 bridgehead atoms. The van der Waals surface area contributed by atoms with Crippen LogP contribution >= 0.6 is 136 Å². The van der Waals surface area contributed by atoms with Gasteiger partial charge in [-0.2, -0.15) is 0 Å². The maximum atomic E-state index is 2.52. The van der Waals surface area contributed by atoms with E-state index < -0.39 is 0 Å². The molecule has 17 rings (SSSR count). The first kappa shape index (κ1) is 82.6. The third-order valence-corrected chi connectivity index (χ3v) is 39.6. The lowest BCUT2D eigenvalue weighted by Gasteiger charge is -2.11. The summed E-state index contributed by atoms with van der Waals surface area (Å²) in [6.45, 7) is 9.36. The van der Waals surface area contributed by atoms with E-state index in [4.69, 9.17) is 0 Å². The van der Waals surface area contributed by atoms with Crippen molar-refractivity contribution in [2.75, 3.05) is 0 Å². The first-order valence-corrected chi connectivity index (χ1v) is 54.2. The highest BCUT2D eigenvalue weighted by atomic mass is 32.1. The molecule has 0 unspecified atom stereocenters. The third kappa shape index (κ3) is 19.0.